The number of rotatable bonds is 5. The number of nitrogens with zero attached hydrogens (tertiary/aromatic N) is 1. The van der Waals surface area contributed by atoms with Crippen LogP contribution in [0.4, 0.5) is 0 Å². The molecule has 0 saturated heterocycles. The summed E-state index contributed by atoms with van der Waals surface area (Å²) < 4.78 is 11.1. The summed E-state index contributed by atoms with van der Waals surface area (Å²) in [6.07, 6.45) is 2.29. The van der Waals surface area contributed by atoms with Crippen LogP contribution in [0.2, 0.25) is 0 Å². The number of aromatic hydroxyl groups is 1. The molecule has 1 aliphatic rings. The van der Waals surface area contributed by atoms with Crippen molar-refractivity contribution in [2.75, 3.05) is 14.2 Å². The Hall–Kier alpha value is -3.88. The SMILES string of the molecule is COC(=O)C[C@H](c1c(O)c(C(=O)OC)c[nH]c1=O)c1cc2cccc3c2n(c1=O)CCC3. The molecule has 0 spiro atoms. The van der Waals surface area contributed by atoms with Gasteiger partial charge in [0.15, 0.2) is 0 Å². The van der Waals surface area contributed by atoms with Crippen LogP contribution in [-0.4, -0.2) is 40.8 Å². The average molecular weight is 438 g/mol. The fourth-order valence-electron chi connectivity index (χ4n) is 4.38. The Bertz CT molecular complexity index is 1350. The van der Waals surface area contributed by atoms with Gasteiger partial charge in [0.1, 0.15) is 11.3 Å². The number of nitrogens with one attached hydrogen (secondary N) is 1. The first-order valence-corrected chi connectivity index (χ1v) is 10.1. The van der Waals surface area contributed by atoms with Crippen molar-refractivity contribution in [2.24, 2.45) is 0 Å². The highest BCUT2D eigenvalue weighted by Crippen LogP contribution is 2.34. The molecule has 0 amide bonds. The van der Waals surface area contributed by atoms with E-state index in [1.165, 1.54) is 7.11 Å². The molecule has 0 bridgehead atoms. The van der Waals surface area contributed by atoms with Crippen LogP contribution in [0.3, 0.4) is 0 Å². The number of carbonyl (C=O) groups excluding carboxylic acids is 2. The molecule has 0 saturated carbocycles. The minimum Gasteiger partial charge on any atom is -0.506 e. The number of aromatic nitrogens is 2. The van der Waals surface area contributed by atoms with Crippen molar-refractivity contribution in [3.8, 4) is 5.75 Å². The van der Waals surface area contributed by atoms with Gasteiger partial charge < -0.3 is 24.1 Å². The molecule has 166 valence electrons. The summed E-state index contributed by atoms with van der Waals surface area (Å²) in [5, 5.41) is 11.6. The molecular formula is C23H22N2O7. The number of aryl methyl sites for hydroxylation is 2. The van der Waals surface area contributed by atoms with E-state index in [9.17, 15) is 24.3 Å². The van der Waals surface area contributed by atoms with Crippen LogP contribution in [0.15, 0.2) is 40.1 Å². The van der Waals surface area contributed by atoms with Gasteiger partial charge in [-0.2, -0.15) is 0 Å². The maximum absolute atomic E-state index is 13.5. The Balaban J connectivity index is 2.02. The third-order valence-corrected chi connectivity index (χ3v) is 5.88. The van der Waals surface area contributed by atoms with Crippen molar-refractivity contribution in [3.63, 3.8) is 0 Å². The number of para-hydroxylation sites is 1. The number of hydrogen-bond donors (Lipinski definition) is 2. The highest BCUT2D eigenvalue weighted by molar-refractivity contribution is 5.92. The highest BCUT2D eigenvalue weighted by Gasteiger charge is 2.31. The summed E-state index contributed by atoms with van der Waals surface area (Å²) in [7, 11) is 2.33. The lowest BCUT2D eigenvalue weighted by Crippen LogP contribution is -2.31. The van der Waals surface area contributed by atoms with E-state index in [0.717, 1.165) is 42.6 Å². The second-order valence-electron chi connectivity index (χ2n) is 7.63. The summed E-state index contributed by atoms with van der Waals surface area (Å²) in [6.45, 7) is 0.496. The molecular weight excluding hydrogens is 416 g/mol. The fourth-order valence-corrected chi connectivity index (χ4v) is 4.38. The lowest BCUT2D eigenvalue weighted by molar-refractivity contribution is -0.140. The summed E-state index contributed by atoms with van der Waals surface area (Å²) >= 11 is 0. The molecule has 4 rings (SSSR count). The van der Waals surface area contributed by atoms with Crippen LogP contribution in [0.5, 0.6) is 5.75 Å². The van der Waals surface area contributed by atoms with Gasteiger partial charge in [-0.15, -0.1) is 0 Å². The second-order valence-corrected chi connectivity index (χ2v) is 7.63. The van der Waals surface area contributed by atoms with Crippen LogP contribution < -0.4 is 11.1 Å². The minimum atomic E-state index is -1.14. The number of aromatic amines is 1. The minimum absolute atomic E-state index is 0.157. The first-order valence-electron chi connectivity index (χ1n) is 10.1. The molecule has 1 aliphatic heterocycles. The lowest BCUT2D eigenvalue weighted by atomic mass is 9.87. The number of ether oxygens (including phenoxy) is 2. The highest BCUT2D eigenvalue weighted by atomic mass is 16.5. The predicted octanol–water partition coefficient (Wildman–Crippen LogP) is 1.82. The molecule has 9 nitrogen and oxygen atoms in total. The van der Waals surface area contributed by atoms with E-state index in [1.54, 1.807) is 10.6 Å². The normalized spacial score (nSPS) is 13.6. The molecule has 2 aromatic heterocycles. The zero-order valence-electron chi connectivity index (χ0n) is 17.6. The van der Waals surface area contributed by atoms with Crippen molar-refractivity contribution < 1.29 is 24.2 Å². The van der Waals surface area contributed by atoms with Crippen LogP contribution in [0.25, 0.3) is 10.9 Å². The van der Waals surface area contributed by atoms with Gasteiger partial charge in [-0.1, -0.05) is 18.2 Å². The van der Waals surface area contributed by atoms with E-state index in [0.29, 0.717) is 6.54 Å². The van der Waals surface area contributed by atoms with Crippen molar-refractivity contribution in [2.45, 2.75) is 31.7 Å². The van der Waals surface area contributed by atoms with Gasteiger partial charge in [-0.25, -0.2) is 4.79 Å². The van der Waals surface area contributed by atoms with E-state index in [1.807, 2.05) is 18.2 Å². The quantitative estimate of drug-likeness (QED) is 0.582. The molecule has 0 fully saturated rings. The first-order chi connectivity index (χ1) is 15.4. The third kappa shape index (κ3) is 3.45. The van der Waals surface area contributed by atoms with Crippen molar-refractivity contribution in [3.05, 3.63) is 73.4 Å². The Morgan fingerprint density at radius 3 is 2.72 bits per heavy atom. The third-order valence-electron chi connectivity index (χ3n) is 5.88. The van der Waals surface area contributed by atoms with Crippen LogP contribution in [0, 0.1) is 0 Å². The number of methoxy groups -OCH3 is 2. The maximum Gasteiger partial charge on any atom is 0.343 e. The van der Waals surface area contributed by atoms with Gasteiger partial charge >= 0.3 is 11.9 Å². The number of carbonyl (C=O) groups is 2. The Kier molecular flexibility index (Phi) is 5.56. The number of H-pyrrole nitrogens is 1. The molecule has 1 atom stereocenters. The van der Waals surface area contributed by atoms with Crippen LogP contribution in [0.1, 0.15) is 45.8 Å². The number of esters is 2. The van der Waals surface area contributed by atoms with Gasteiger partial charge in [-0.05, 0) is 29.9 Å². The summed E-state index contributed by atoms with van der Waals surface area (Å²) in [4.78, 5) is 53.0. The van der Waals surface area contributed by atoms with Gasteiger partial charge in [0, 0.05) is 24.2 Å². The standard InChI is InChI=1S/C23H22N2O7/c1-31-17(26)10-14(18-20(27)16(23(30)32-2)11-24-21(18)28)15-9-13-6-3-5-12-7-4-8-25(19(12)13)22(15)29/h3,5-6,9,11,14H,4,7-8,10H2,1-2H3,(H2,24,27,28)/t14-/m0/s1. The average Bonchev–Trinajstić information content (AvgIpc) is 2.80. The van der Waals surface area contributed by atoms with Crippen molar-refractivity contribution in [1.29, 1.82) is 0 Å². The predicted molar refractivity (Wildman–Crippen MR) is 115 cm³/mol. The summed E-state index contributed by atoms with van der Waals surface area (Å²) in [6, 6.07) is 7.35. The molecule has 0 aliphatic carbocycles. The Morgan fingerprint density at radius 2 is 2.00 bits per heavy atom. The molecule has 0 unspecified atom stereocenters. The lowest BCUT2D eigenvalue weighted by Gasteiger charge is -2.23. The smallest absolute Gasteiger partial charge is 0.343 e. The molecule has 32 heavy (non-hydrogen) atoms. The molecule has 1 aromatic carbocycles. The molecule has 3 heterocycles. The summed E-state index contributed by atoms with van der Waals surface area (Å²) in [5.74, 6) is -3.32. The monoisotopic (exact) mass is 438 g/mol. The Morgan fingerprint density at radius 1 is 1.22 bits per heavy atom. The molecule has 2 N–H and O–H groups in total. The van der Waals surface area contributed by atoms with Gasteiger partial charge in [0.25, 0.3) is 11.1 Å². The topological polar surface area (TPSA) is 128 Å². The Labute approximate surface area is 182 Å². The molecule has 9 heteroatoms. The van der Waals surface area contributed by atoms with Gasteiger partial charge in [0.2, 0.25) is 0 Å². The van der Waals surface area contributed by atoms with Gasteiger partial charge in [0.05, 0.1) is 31.7 Å². The second kappa shape index (κ2) is 8.33. The van der Waals surface area contributed by atoms with Crippen molar-refractivity contribution >= 4 is 22.8 Å². The number of hydrogen-bond acceptors (Lipinski definition) is 7. The largest absolute Gasteiger partial charge is 0.506 e. The first kappa shape index (κ1) is 21.4. The maximum atomic E-state index is 13.5. The zero-order valence-corrected chi connectivity index (χ0v) is 17.6. The van der Waals surface area contributed by atoms with E-state index < -0.39 is 29.2 Å². The van der Waals surface area contributed by atoms with Crippen LogP contribution in [-0.2, 0) is 27.2 Å². The fraction of sp³-hybridized carbons (Fsp3) is 0.304. The number of pyridine rings is 2. The van der Waals surface area contributed by atoms with Crippen molar-refractivity contribution in [1.82, 2.24) is 9.55 Å². The van der Waals surface area contributed by atoms with E-state index in [-0.39, 0.29) is 28.7 Å². The molecule has 0 radical (unpaired) electrons. The number of benzene rings is 1. The zero-order chi connectivity index (χ0) is 23.0. The van der Waals surface area contributed by atoms with E-state index in [2.05, 4.69) is 9.72 Å². The molecule has 3 aromatic rings. The van der Waals surface area contributed by atoms with Crippen LogP contribution >= 0.6 is 0 Å². The summed E-state index contributed by atoms with van der Waals surface area (Å²) in [5.41, 5.74) is 0.401. The van der Waals surface area contributed by atoms with E-state index >= 15 is 0 Å². The van der Waals surface area contributed by atoms with E-state index in [4.69, 9.17) is 4.74 Å². The van der Waals surface area contributed by atoms with Gasteiger partial charge in [-0.3, -0.25) is 14.4 Å².